The van der Waals surface area contributed by atoms with Gasteiger partial charge in [0, 0.05) is 25.1 Å². The fourth-order valence-corrected chi connectivity index (χ4v) is 6.80. The molecular formula is C35H37N2O8S2+. The van der Waals surface area contributed by atoms with E-state index in [9.17, 15) is 25.9 Å². The fraction of sp³-hybridized carbons (Fsp3) is 0.286. The first-order chi connectivity index (χ1) is 22.4. The van der Waals surface area contributed by atoms with Crippen LogP contribution in [0.2, 0.25) is 0 Å². The Kier molecular flexibility index (Phi) is 9.12. The Bertz CT molecular complexity index is 2260. The fourth-order valence-electron chi connectivity index (χ4n) is 5.83. The van der Waals surface area contributed by atoms with Gasteiger partial charge in [-0.05, 0) is 71.5 Å². The van der Waals surface area contributed by atoms with E-state index in [0.29, 0.717) is 49.0 Å². The Labute approximate surface area is 274 Å². The van der Waals surface area contributed by atoms with Crippen LogP contribution >= 0.6 is 0 Å². The van der Waals surface area contributed by atoms with Crippen LogP contribution in [0, 0.1) is 0 Å². The van der Waals surface area contributed by atoms with Gasteiger partial charge in [-0.1, -0.05) is 55.5 Å². The molecule has 2 N–H and O–H groups in total. The third kappa shape index (κ3) is 7.36. The van der Waals surface area contributed by atoms with Gasteiger partial charge in [0.15, 0.2) is 12.3 Å². The van der Waals surface area contributed by atoms with Crippen LogP contribution in [0.3, 0.4) is 0 Å². The van der Waals surface area contributed by atoms with Crippen molar-refractivity contribution in [2.45, 2.75) is 51.3 Å². The van der Waals surface area contributed by atoms with E-state index in [0.717, 1.165) is 38.3 Å². The van der Waals surface area contributed by atoms with E-state index >= 15 is 0 Å². The summed E-state index contributed by atoms with van der Waals surface area (Å²) in [6.07, 6.45) is 5.43. The predicted molar refractivity (Wildman–Crippen MR) is 183 cm³/mol. The normalized spacial score (nSPS) is 15.5. The molecule has 0 fully saturated rings. The highest BCUT2D eigenvalue weighted by Crippen LogP contribution is 2.42. The van der Waals surface area contributed by atoms with Gasteiger partial charge in [0.2, 0.25) is 11.5 Å². The molecule has 246 valence electrons. The summed E-state index contributed by atoms with van der Waals surface area (Å²) in [5.74, 6) is 1.42. The number of aryl methyl sites for hydroxylation is 1. The zero-order valence-electron chi connectivity index (χ0n) is 26.2. The van der Waals surface area contributed by atoms with E-state index in [1.807, 2.05) is 95.3 Å². The number of fused-ring (bicyclic) bond motifs is 4. The molecule has 2 heterocycles. The highest BCUT2D eigenvalue weighted by Gasteiger charge is 2.29. The van der Waals surface area contributed by atoms with Crippen LogP contribution in [0.5, 0.6) is 5.75 Å². The maximum atomic E-state index is 11.8. The van der Waals surface area contributed by atoms with Gasteiger partial charge in [0.1, 0.15) is 0 Å². The Balaban J connectivity index is 1.40. The number of benzene rings is 4. The Morgan fingerprint density at radius 3 is 2.19 bits per heavy atom. The lowest BCUT2D eigenvalue weighted by Crippen LogP contribution is -2.35. The van der Waals surface area contributed by atoms with Crippen molar-refractivity contribution < 1.29 is 39.7 Å². The molecule has 0 saturated heterocycles. The largest absolute Gasteiger partial charge is 0.439 e. The molecule has 0 spiro atoms. The molecule has 10 nitrogen and oxygen atoms in total. The molecule has 1 aromatic heterocycles. The molecule has 0 aliphatic carbocycles. The van der Waals surface area contributed by atoms with Gasteiger partial charge in [-0.25, -0.2) is 0 Å². The van der Waals surface area contributed by atoms with E-state index in [1.54, 1.807) is 0 Å². The third-order valence-electron chi connectivity index (χ3n) is 8.52. The summed E-state index contributed by atoms with van der Waals surface area (Å²) in [6.45, 7) is 4.25. The molecule has 4 aromatic carbocycles. The van der Waals surface area contributed by atoms with Crippen molar-refractivity contribution in [3.8, 4) is 5.75 Å². The number of ether oxygens (including phenoxy) is 1. The molecule has 0 amide bonds. The zero-order valence-corrected chi connectivity index (χ0v) is 27.8. The second-order valence-corrected chi connectivity index (χ2v) is 15.2. The maximum absolute atomic E-state index is 11.8. The lowest BCUT2D eigenvalue weighted by Gasteiger charge is -2.20. The molecule has 1 aliphatic rings. The van der Waals surface area contributed by atoms with Crippen molar-refractivity contribution in [2.24, 2.45) is 0 Å². The van der Waals surface area contributed by atoms with Crippen LogP contribution in [-0.2, 0) is 26.8 Å². The SMILES string of the molecule is CCC(=Cc1oc2cc3ccccc3cc2[n+]1CCCCS(=O)(=O)O)C=C1Oc2cc3ccccc3cc2N1CCC(C)S(=O)(=O)O. The molecular weight excluding hydrogens is 641 g/mol. The molecule has 0 saturated carbocycles. The van der Waals surface area contributed by atoms with Crippen molar-refractivity contribution in [2.75, 3.05) is 17.2 Å². The van der Waals surface area contributed by atoms with Crippen molar-refractivity contribution in [3.05, 3.63) is 96.2 Å². The highest BCUT2D eigenvalue weighted by atomic mass is 32.2. The lowest BCUT2D eigenvalue weighted by atomic mass is 10.1. The van der Waals surface area contributed by atoms with Gasteiger partial charge in [0.05, 0.1) is 22.8 Å². The minimum atomic E-state index is -4.20. The number of anilines is 1. The molecule has 0 radical (unpaired) electrons. The van der Waals surface area contributed by atoms with E-state index in [1.165, 1.54) is 6.92 Å². The monoisotopic (exact) mass is 677 g/mol. The standard InChI is InChI=1S/C35H36N2O8S2/c1-3-25(18-34-36(15-8-9-17-46(38,39)40)30-20-26-10-4-6-12-28(26)22-32(30)44-34)19-35-37(16-14-24(2)47(41,42)43)31-21-27-11-5-7-13-29(27)23-33(31)45-35/h4-7,10-13,18-24H,3,8-9,14-17H2,1-2H3,(H-,38,39,40,41,42,43)/p+1. The van der Waals surface area contributed by atoms with E-state index in [-0.39, 0.29) is 18.6 Å². The Morgan fingerprint density at radius 1 is 0.915 bits per heavy atom. The maximum Gasteiger partial charge on any atom is 0.374 e. The first kappa shape index (κ1) is 32.7. The number of nitrogens with zero attached hydrogens (tertiary/aromatic N) is 2. The summed E-state index contributed by atoms with van der Waals surface area (Å²) in [5.41, 5.74) is 3.23. The van der Waals surface area contributed by atoms with E-state index < -0.39 is 25.5 Å². The summed E-state index contributed by atoms with van der Waals surface area (Å²) in [7, 11) is -8.26. The van der Waals surface area contributed by atoms with Crippen LogP contribution in [0.4, 0.5) is 5.69 Å². The number of oxazole rings is 1. The van der Waals surface area contributed by atoms with E-state index in [2.05, 4.69) is 6.07 Å². The number of unbranched alkanes of at least 4 members (excludes halogenated alkanes) is 1. The molecule has 1 unspecified atom stereocenters. The molecule has 47 heavy (non-hydrogen) atoms. The molecule has 1 atom stereocenters. The first-order valence-corrected chi connectivity index (χ1v) is 18.7. The van der Waals surface area contributed by atoms with Crippen molar-refractivity contribution in [1.29, 1.82) is 0 Å². The van der Waals surface area contributed by atoms with Crippen molar-refractivity contribution >= 4 is 64.6 Å². The molecule has 5 aromatic rings. The van der Waals surface area contributed by atoms with Gasteiger partial charge >= 0.3 is 5.89 Å². The Morgan fingerprint density at radius 2 is 1.55 bits per heavy atom. The molecule has 1 aliphatic heterocycles. The average molecular weight is 678 g/mol. The number of aromatic nitrogens is 1. The Hall–Kier alpha value is -4.23. The minimum absolute atomic E-state index is 0.178. The summed E-state index contributed by atoms with van der Waals surface area (Å²) in [6, 6.07) is 23.9. The molecule has 12 heteroatoms. The van der Waals surface area contributed by atoms with Crippen LogP contribution in [0.25, 0.3) is 38.7 Å². The summed E-state index contributed by atoms with van der Waals surface area (Å²) in [5, 5.41) is 3.13. The second kappa shape index (κ2) is 13.1. The quantitative estimate of drug-likeness (QED) is 0.0821. The molecule has 0 bridgehead atoms. The van der Waals surface area contributed by atoms with Gasteiger partial charge in [-0.3, -0.25) is 9.11 Å². The highest BCUT2D eigenvalue weighted by molar-refractivity contribution is 7.86. The number of hydrogen-bond acceptors (Lipinski definition) is 7. The van der Waals surface area contributed by atoms with Crippen molar-refractivity contribution in [1.82, 2.24) is 0 Å². The van der Waals surface area contributed by atoms with Gasteiger partial charge < -0.3 is 14.1 Å². The zero-order chi connectivity index (χ0) is 33.3. The number of rotatable bonds is 12. The van der Waals surface area contributed by atoms with Gasteiger partial charge in [-0.15, -0.1) is 0 Å². The molecule has 6 rings (SSSR count). The van der Waals surface area contributed by atoms with Crippen LogP contribution in [0.1, 0.15) is 45.4 Å². The topological polar surface area (TPSA) is 138 Å². The summed E-state index contributed by atoms with van der Waals surface area (Å²) >= 11 is 0. The van der Waals surface area contributed by atoms with E-state index in [4.69, 9.17) is 9.15 Å². The van der Waals surface area contributed by atoms with Crippen LogP contribution in [-0.4, -0.2) is 43.5 Å². The summed E-state index contributed by atoms with van der Waals surface area (Å²) < 4.78 is 80.0. The number of hydrogen-bond donors (Lipinski definition) is 2. The minimum Gasteiger partial charge on any atom is -0.439 e. The van der Waals surface area contributed by atoms with Crippen LogP contribution < -0.4 is 14.2 Å². The number of allylic oxidation sites excluding steroid dienone is 2. The summed E-state index contributed by atoms with van der Waals surface area (Å²) in [4.78, 5) is 1.93. The predicted octanol–water partition coefficient (Wildman–Crippen LogP) is 6.89. The third-order valence-corrected chi connectivity index (χ3v) is 10.6. The van der Waals surface area contributed by atoms with Crippen LogP contribution in [0.15, 0.2) is 94.7 Å². The van der Waals surface area contributed by atoms with Gasteiger partial charge in [0.25, 0.3) is 25.8 Å². The first-order valence-electron chi connectivity index (χ1n) is 15.6. The lowest BCUT2D eigenvalue weighted by molar-refractivity contribution is -0.678. The second-order valence-electron chi connectivity index (χ2n) is 11.8. The smallest absolute Gasteiger partial charge is 0.374 e. The van der Waals surface area contributed by atoms with Gasteiger partial charge in [-0.2, -0.15) is 21.4 Å². The van der Waals surface area contributed by atoms with Crippen molar-refractivity contribution in [3.63, 3.8) is 0 Å². The average Bonchev–Trinajstić information content (AvgIpc) is 3.53.